The summed E-state index contributed by atoms with van der Waals surface area (Å²) in [6.07, 6.45) is 6.71. The van der Waals surface area contributed by atoms with Crippen LogP contribution in [0.15, 0.2) is 35.2 Å². The number of aromatic nitrogens is 1. The van der Waals surface area contributed by atoms with E-state index in [2.05, 4.69) is 16.7 Å². The van der Waals surface area contributed by atoms with Crippen molar-refractivity contribution in [2.24, 2.45) is 0 Å². The number of aryl methyl sites for hydroxylation is 2. The van der Waals surface area contributed by atoms with Crippen molar-refractivity contribution in [2.75, 3.05) is 13.1 Å². The Bertz CT molecular complexity index is 1610. The molecule has 1 aromatic carbocycles. The summed E-state index contributed by atoms with van der Waals surface area (Å²) in [5.74, 6) is -0.665. The molecule has 198 valence electrons. The lowest BCUT2D eigenvalue weighted by Crippen LogP contribution is -2.44. The second kappa shape index (κ2) is 10.2. The molecule has 0 unspecified atom stereocenters. The molecule has 0 N–H and O–H groups in total. The van der Waals surface area contributed by atoms with E-state index in [1.54, 1.807) is 22.3 Å². The highest BCUT2D eigenvalue weighted by atomic mass is 32.2. The first kappa shape index (κ1) is 25.7. The second-order valence-electron chi connectivity index (χ2n) is 10.3. The number of amides is 3. The molecule has 1 saturated heterocycles. The molecule has 0 atom stereocenters. The van der Waals surface area contributed by atoms with Gasteiger partial charge < -0.3 is 9.47 Å². The molecular weight excluding hydrogens is 528 g/mol. The third-order valence-electron chi connectivity index (χ3n) is 7.87. The molecule has 2 aromatic heterocycles. The molecule has 3 aliphatic rings. The van der Waals surface area contributed by atoms with Crippen molar-refractivity contribution in [1.82, 2.24) is 14.4 Å². The number of thiophene rings is 1. The molecule has 1 aliphatic carbocycles. The van der Waals surface area contributed by atoms with Gasteiger partial charge in [-0.05, 0) is 92.1 Å². The van der Waals surface area contributed by atoms with Gasteiger partial charge in [-0.25, -0.2) is 0 Å². The van der Waals surface area contributed by atoms with Gasteiger partial charge in [0.25, 0.3) is 11.1 Å². The molecule has 39 heavy (non-hydrogen) atoms. The zero-order valence-electron chi connectivity index (χ0n) is 22.0. The average molecular weight is 557 g/mol. The van der Waals surface area contributed by atoms with Crippen molar-refractivity contribution in [3.63, 3.8) is 0 Å². The van der Waals surface area contributed by atoms with E-state index in [4.69, 9.17) is 0 Å². The van der Waals surface area contributed by atoms with E-state index >= 15 is 0 Å². The van der Waals surface area contributed by atoms with Crippen LogP contribution in [0.4, 0.5) is 4.79 Å². The topological polar surface area (TPSA) is 86.4 Å². The van der Waals surface area contributed by atoms with Gasteiger partial charge in [0.2, 0.25) is 5.91 Å². The van der Waals surface area contributed by atoms with Gasteiger partial charge in [-0.3, -0.25) is 19.3 Å². The summed E-state index contributed by atoms with van der Waals surface area (Å²) in [7, 11) is 0. The molecule has 9 heteroatoms. The number of rotatable bonds is 4. The monoisotopic (exact) mass is 556 g/mol. The first-order chi connectivity index (χ1) is 18.9. The highest BCUT2D eigenvalue weighted by Gasteiger charge is 2.38. The van der Waals surface area contributed by atoms with Crippen LogP contribution in [0, 0.1) is 25.2 Å². The lowest BCUT2D eigenvalue weighted by molar-refractivity contribution is -0.136. The van der Waals surface area contributed by atoms with Crippen LogP contribution in [0.5, 0.6) is 0 Å². The van der Waals surface area contributed by atoms with Crippen molar-refractivity contribution >= 4 is 46.2 Å². The number of hydrogen-bond acceptors (Lipinski definition) is 6. The van der Waals surface area contributed by atoms with Gasteiger partial charge in [0, 0.05) is 29.4 Å². The van der Waals surface area contributed by atoms with Crippen LogP contribution in [0.2, 0.25) is 0 Å². The van der Waals surface area contributed by atoms with E-state index in [0.717, 1.165) is 81.8 Å². The third kappa shape index (κ3) is 4.52. The Balaban J connectivity index is 1.23. The number of carbonyl (C=O) groups excluding carboxylic acids is 3. The maximum Gasteiger partial charge on any atom is 0.294 e. The van der Waals surface area contributed by atoms with E-state index in [-0.39, 0.29) is 12.5 Å². The molecule has 4 heterocycles. The Hall–Kier alpha value is -3.61. The summed E-state index contributed by atoms with van der Waals surface area (Å²) in [4.78, 5) is 43.5. The van der Waals surface area contributed by atoms with Gasteiger partial charge >= 0.3 is 0 Å². The van der Waals surface area contributed by atoms with Crippen LogP contribution in [0.3, 0.4) is 0 Å². The quantitative estimate of drug-likeness (QED) is 0.395. The van der Waals surface area contributed by atoms with Crippen LogP contribution in [-0.2, 0) is 35.4 Å². The molecule has 6 rings (SSSR count). The highest BCUT2D eigenvalue weighted by Crippen LogP contribution is 2.39. The first-order valence-electron chi connectivity index (χ1n) is 13.2. The first-order valence-corrected chi connectivity index (χ1v) is 14.8. The molecule has 2 aliphatic heterocycles. The largest absolute Gasteiger partial charge is 0.336 e. The lowest BCUT2D eigenvalue weighted by atomic mass is 9.96. The van der Waals surface area contributed by atoms with Gasteiger partial charge in [0.05, 0.1) is 10.5 Å². The Kier molecular flexibility index (Phi) is 6.69. The summed E-state index contributed by atoms with van der Waals surface area (Å²) in [5, 5.41) is 10.5. The van der Waals surface area contributed by atoms with Gasteiger partial charge in [-0.1, -0.05) is 24.3 Å². The minimum atomic E-state index is -0.440. The number of fused-ring (bicyclic) bond motifs is 2. The van der Waals surface area contributed by atoms with Gasteiger partial charge in [0.1, 0.15) is 17.6 Å². The zero-order chi connectivity index (χ0) is 27.3. The summed E-state index contributed by atoms with van der Waals surface area (Å²) in [5.41, 5.74) is 6.98. The van der Waals surface area contributed by atoms with Crippen molar-refractivity contribution in [1.29, 1.82) is 5.26 Å². The standard InChI is InChI=1S/C30H28N4O3S2/c1-18-13-22(19(2)34(18)29-24(15-31)23-9-5-6-10-25(23)38-29)14-26-28(36)33(30(37)39-26)17-27(35)32-12-11-20-7-3-4-8-21(20)16-32/h3-4,7-8,13-14H,5-6,9-12,16-17H2,1-2H3/b26-14-. The van der Waals surface area contributed by atoms with E-state index in [9.17, 15) is 19.6 Å². The van der Waals surface area contributed by atoms with E-state index in [0.29, 0.717) is 18.0 Å². The summed E-state index contributed by atoms with van der Waals surface area (Å²) in [6.45, 7) is 4.77. The lowest BCUT2D eigenvalue weighted by Gasteiger charge is -2.29. The van der Waals surface area contributed by atoms with Gasteiger partial charge in [-0.15, -0.1) is 11.3 Å². The number of carbonyl (C=O) groups is 3. The Morgan fingerprint density at radius 2 is 1.87 bits per heavy atom. The summed E-state index contributed by atoms with van der Waals surface area (Å²) in [6, 6.07) is 12.5. The van der Waals surface area contributed by atoms with Crippen molar-refractivity contribution < 1.29 is 14.4 Å². The summed E-state index contributed by atoms with van der Waals surface area (Å²) >= 11 is 2.56. The number of thioether (sulfide) groups is 1. The fraction of sp³-hybridized carbons (Fsp3) is 0.333. The molecule has 3 aromatic rings. The number of imide groups is 1. The fourth-order valence-electron chi connectivity index (χ4n) is 5.79. The normalized spacial score (nSPS) is 17.9. The second-order valence-corrected chi connectivity index (χ2v) is 12.3. The fourth-order valence-corrected chi connectivity index (χ4v) is 8.07. The predicted octanol–water partition coefficient (Wildman–Crippen LogP) is 5.53. The minimum absolute atomic E-state index is 0.225. The van der Waals surface area contributed by atoms with Gasteiger partial charge in [-0.2, -0.15) is 5.26 Å². The number of nitrogens with zero attached hydrogens (tertiary/aromatic N) is 4. The highest BCUT2D eigenvalue weighted by molar-refractivity contribution is 8.18. The van der Waals surface area contributed by atoms with Crippen LogP contribution in [-0.4, -0.2) is 44.5 Å². The number of benzene rings is 1. The SMILES string of the molecule is Cc1cc(/C=C2\SC(=O)N(CC(=O)N3CCc4ccccc4C3)C2=O)c(C)n1-c1sc2c(c1C#N)CCCC2. The molecule has 1 fully saturated rings. The molecule has 7 nitrogen and oxygen atoms in total. The van der Waals surface area contributed by atoms with Crippen molar-refractivity contribution in [2.45, 2.75) is 52.5 Å². The minimum Gasteiger partial charge on any atom is -0.336 e. The average Bonchev–Trinajstić information content (AvgIpc) is 3.54. The predicted molar refractivity (Wildman–Crippen MR) is 153 cm³/mol. The van der Waals surface area contributed by atoms with Crippen LogP contribution < -0.4 is 0 Å². The van der Waals surface area contributed by atoms with Gasteiger partial charge in [0.15, 0.2) is 0 Å². The Labute approximate surface area is 235 Å². The third-order valence-corrected chi connectivity index (χ3v) is 10.1. The van der Waals surface area contributed by atoms with Crippen LogP contribution in [0.1, 0.15) is 56.9 Å². The smallest absolute Gasteiger partial charge is 0.294 e. The maximum absolute atomic E-state index is 13.2. The zero-order valence-corrected chi connectivity index (χ0v) is 23.6. The number of hydrogen-bond donors (Lipinski definition) is 0. The Morgan fingerprint density at radius 1 is 1.10 bits per heavy atom. The van der Waals surface area contributed by atoms with Crippen molar-refractivity contribution in [3.8, 4) is 11.1 Å². The molecular formula is C30H28N4O3S2. The maximum atomic E-state index is 13.2. The van der Waals surface area contributed by atoms with E-state index in [1.165, 1.54) is 16.0 Å². The van der Waals surface area contributed by atoms with E-state index < -0.39 is 11.1 Å². The molecule has 3 amide bonds. The molecule has 0 bridgehead atoms. The van der Waals surface area contributed by atoms with Crippen molar-refractivity contribution in [3.05, 3.63) is 79.3 Å². The Morgan fingerprint density at radius 3 is 2.67 bits per heavy atom. The van der Waals surface area contributed by atoms with E-state index in [1.807, 2.05) is 38.1 Å². The molecule has 0 spiro atoms. The molecule has 0 radical (unpaired) electrons. The molecule has 0 saturated carbocycles. The number of nitriles is 1. The summed E-state index contributed by atoms with van der Waals surface area (Å²) < 4.78 is 2.09. The van der Waals surface area contributed by atoms with Crippen LogP contribution >= 0.6 is 23.1 Å². The van der Waals surface area contributed by atoms with Crippen LogP contribution in [0.25, 0.3) is 11.1 Å².